The van der Waals surface area contributed by atoms with Gasteiger partial charge in [-0.05, 0) is 43.5 Å². The Balaban J connectivity index is 2.61. The third-order valence-corrected chi connectivity index (χ3v) is 3.01. The first kappa shape index (κ1) is 16.0. The lowest BCUT2D eigenvalue weighted by atomic mass is 10.0. The summed E-state index contributed by atoms with van der Waals surface area (Å²) in [5, 5.41) is 3.56. The summed E-state index contributed by atoms with van der Waals surface area (Å²) in [6, 6.07) is 8.76. The summed E-state index contributed by atoms with van der Waals surface area (Å²) in [6.45, 7) is 6.88. The highest BCUT2D eigenvalue weighted by molar-refractivity contribution is 5.29. The molecule has 0 saturated carbocycles. The Bertz CT molecular complexity index is 316. The Kier molecular flexibility index (Phi) is 8.26. The van der Waals surface area contributed by atoms with Gasteiger partial charge < -0.3 is 14.8 Å². The van der Waals surface area contributed by atoms with Crippen molar-refractivity contribution in [3.63, 3.8) is 0 Å². The lowest BCUT2D eigenvalue weighted by molar-refractivity contribution is 0.183. The molecule has 0 aromatic heterocycles. The standard InChI is InChI=1S/C16H27NO2/c1-4-11-17-16(10-13-18-3)14-6-8-15(9-7-14)19-12-5-2/h6-9,16-17H,4-5,10-13H2,1-3H3. The zero-order valence-corrected chi connectivity index (χ0v) is 12.4. The van der Waals surface area contributed by atoms with Gasteiger partial charge in [0.05, 0.1) is 6.61 Å². The Labute approximate surface area is 117 Å². The minimum Gasteiger partial charge on any atom is -0.494 e. The fraction of sp³-hybridized carbons (Fsp3) is 0.625. The average molecular weight is 265 g/mol. The maximum absolute atomic E-state index is 5.61. The van der Waals surface area contributed by atoms with Crippen molar-refractivity contribution in [2.45, 2.75) is 39.2 Å². The highest BCUT2D eigenvalue weighted by atomic mass is 16.5. The fourth-order valence-electron chi connectivity index (χ4n) is 1.96. The van der Waals surface area contributed by atoms with Crippen LogP contribution in [0.4, 0.5) is 0 Å². The highest BCUT2D eigenvalue weighted by Crippen LogP contribution is 2.20. The third-order valence-electron chi connectivity index (χ3n) is 3.01. The van der Waals surface area contributed by atoms with Crippen molar-refractivity contribution in [2.75, 3.05) is 26.9 Å². The number of benzene rings is 1. The van der Waals surface area contributed by atoms with E-state index in [0.29, 0.717) is 6.04 Å². The van der Waals surface area contributed by atoms with Gasteiger partial charge in [-0.3, -0.25) is 0 Å². The van der Waals surface area contributed by atoms with Gasteiger partial charge >= 0.3 is 0 Å². The molecule has 1 atom stereocenters. The molecule has 0 spiro atoms. The van der Waals surface area contributed by atoms with Gasteiger partial charge in [0.1, 0.15) is 5.75 Å². The van der Waals surface area contributed by atoms with Crippen molar-refractivity contribution < 1.29 is 9.47 Å². The van der Waals surface area contributed by atoms with Crippen LogP contribution in [-0.2, 0) is 4.74 Å². The second-order valence-electron chi connectivity index (χ2n) is 4.71. The second kappa shape index (κ2) is 9.82. The predicted molar refractivity (Wildman–Crippen MR) is 79.8 cm³/mol. The summed E-state index contributed by atoms with van der Waals surface area (Å²) in [7, 11) is 1.75. The van der Waals surface area contributed by atoms with E-state index in [2.05, 4.69) is 43.4 Å². The molecule has 0 radical (unpaired) electrons. The Morgan fingerprint density at radius 3 is 2.37 bits per heavy atom. The maximum Gasteiger partial charge on any atom is 0.119 e. The zero-order valence-electron chi connectivity index (χ0n) is 12.4. The lowest BCUT2D eigenvalue weighted by Gasteiger charge is -2.19. The third kappa shape index (κ3) is 6.08. The van der Waals surface area contributed by atoms with Crippen molar-refractivity contribution in [1.82, 2.24) is 5.32 Å². The fourth-order valence-corrected chi connectivity index (χ4v) is 1.96. The van der Waals surface area contributed by atoms with Gasteiger partial charge in [-0.2, -0.15) is 0 Å². The SMILES string of the molecule is CCCNC(CCOC)c1ccc(OCCC)cc1. The first-order valence-corrected chi connectivity index (χ1v) is 7.26. The normalized spacial score (nSPS) is 12.4. The molecule has 1 aromatic carbocycles. The summed E-state index contributed by atoms with van der Waals surface area (Å²) in [5.74, 6) is 0.951. The van der Waals surface area contributed by atoms with Crippen molar-refractivity contribution >= 4 is 0 Å². The lowest BCUT2D eigenvalue weighted by Crippen LogP contribution is -2.23. The van der Waals surface area contributed by atoms with Gasteiger partial charge in [0.25, 0.3) is 0 Å². The molecule has 0 aliphatic rings. The average Bonchev–Trinajstić information content (AvgIpc) is 2.46. The molecule has 1 unspecified atom stereocenters. The van der Waals surface area contributed by atoms with Crippen molar-refractivity contribution in [2.24, 2.45) is 0 Å². The molecule has 19 heavy (non-hydrogen) atoms. The van der Waals surface area contributed by atoms with E-state index in [1.54, 1.807) is 7.11 Å². The van der Waals surface area contributed by atoms with Gasteiger partial charge in [0.15, 0.2) is 0 Å². The number of hydrogen-bond donors (Lipinski definition) is 1. The zero-order chi connectivity index (χ0) is 13.9. The molecule has 1 aromatic rings. The molecule has 0 fully saturated rings. The number of ether oxygens (including phenoxy) is 2. The largest absolute Gasteiger partial charge is 0.494 e. The van der Waals surface area contributed by atoms with E-state index in [9.17, 15) is 0 Å². The van der Waals surface area contributed by atoms with Crippen LogP contribution in [-0.4, -0.2) is 26.9 Å². The van der Waals surface area contributed by atoms with Crippen LogP contribution in [0.1, 0.15) is 44.7 Å². The number of hydrogen-bond acceptors (Lipinski definition) is 3. The van der Waals surface area contributed by atoms with Crippen molar-refractivity contribution in [1.29, 1.82) is 0 Å². The molecular weight excluding hydrogens is 238 g/mol. The van der Waals surface area contributed by atoms with E-state index < -0.39 is 0 Å². The highest BCUT2D eigenvalue weighted by Gasteiger charge is 2.10. The van der Waals surface area contributed by atoms with E-state index in [1.807, 2.05) is 0 Å². The summed E-state index contributed by atoms with van der Waals surface area (Å²) >= 11 is 0. The van der Waals surface area contributed by atoms with Gasteiger partial charge in [-0.25, -0.2) is 0 Å². The second-order valence-corrected chi connectivity index (χ2v) is 4.71. The van der Waals surface area contributed by atoms with Gasteiger partial charge in [-0.1, -0.05) is 26.0 Å². The molecule has 3 nitrogen and oxygen atoms in total. The predicted octanol–water partition coefficient (Wildman–Crippen LogP) is 3.55. The molecule has 0 aliphatic carbocycles. The maximum atomic E-state index is 5.61. The van der Waals surface area contributed by atoms with Crippen LogP contribution in [0.5, 0.6) is 5.75 Å². The number of methoxy groups -OCH3 is 1. The van der Waals surface area contributed by atoms with Crippen LogP contribution < -0.4 is 10.1 Å². The van der Waals surface area contributed by atoms with E-state index >= 15 is 0 Å². The van der Waals surface area contributed by atoms with Gasteiger partial charge in [0.2, 0.25) is 0 Å². The van der Waals surface area contributed by atoms with Crippen LogP contribution in [0, 0.1) is 0 Å². The van der Waals surface area contributed by atoms with E-state index in [0.717, 1.165) is 44.8 Å². The first-order valence-electron chi connectivity index (χ1n) is 7.26. The van der Waals surface area contributed by atoms with Crippen LogP contribution >= 0.6 is 0 Å². The van der Waals surface area contributed by atoms with E-state index in [1.165, 1.54) is 5.56 Å². The molecule has 108 valence electrons. The summed E-state index contributed by atoms with van der Waals surface area (Å²) in [5.41, 5.74) is 1.30. The van der Waals surface area contributed by atoms with Crippen molar-refractivity contribution in [3.8, 4) is 5.75 Å². The van der Waals surface area contributed by atoms with Crippen LogP contribution in [0.25, 0.3) is 0 Å². The molecule has 0 aliphatic heterocycles. The van der Waals surface area contributed by atoms with Crippen LogP contribution in [0.2, 0.25) is 0 Å². The first-order chi connectivity index (χ1) is 9.31. The Hall–Kier alpha value is -1.06. The molecular formula is C16H27NO2. The molecule has 0 bridgehead atoms. The quantitative estimate of drug-likeness (QED) is 0.701. The monoisotopic (exact) mass is 265 g/mol. The van der Waals surface area contributed by atoms with Crippen LogP contribution in [0.15, 0.2) is 24.3 Å². The van der Waals surface area contributed by atoms with Crippen LogP contribution in [0.3, 0.4) is 0 Å². The molecule has 0 heterocycles. The molecule has 0 saturated heterocycles. The minimum atomic E-state index is 0.361. The number of nitrogens with one attached hydrogen (secondary N) is 1. The smallest absolute Gasteiger partial charge is 0.119 e. The Morgan fingerprint density at radius 2 is 1.79 bits per heavy atom. The molecule has 0 amide bonds. The molecule has 1 rings (SSSR count). The van der Waals surface area contributed by atoms with E-state index in [4.69, 9.17) is 9.47 Å². The minimum absolute atomic E-state index is 0.361. The summed E-state index contributed by atoms with van der Waals surface area (Å²) in [6.07, 6.45) is 3.17. The topological polar surface area (TPSA) is 30.5 Å². The Morgan fingerprint density at radius 1 is 1.05 bits per heavy atom. The van der Waals surface area contributed by atoms with Gasteiger partial charge in [-0.15, -0.1) is 0 Å². The molecule has 3 heteroatoms. The molecule has 1 N–H and O–H groups in total. The number of rotatable bonds is 10. The van der Waals surface area contributed by atoms with Gasteiger partial charge in [0, 0.05) is 19.8 Å². The van der Waals surface area contributed by atoms with E-state index in [-0.39, 0.29) is 0 Å². The van der Waals surface area contributed by atoms with Crippen molar-refractivity contribution in [3.05, 3.63) is 29.8 Å². The summed E-state index contributed by atoms with van der Waals surface area (Å²) in [4.78, 5) is 0. The summed E-state index contributed by atoms with van der Waals surface area (Å²) < 4.78 is 10.8.